The summed E-state index contributed by atoms with van der Waals surface area (Å²) in [6.45, 7) is 1.75. The first kappa shape index (κ1) is 14.2. The number of thiophene rings is 1. The van der Waals surface area contributed by atoms with Crippen LogP contribution in [0.15, 0.2) is 52.0 Å². The van der Waals surface area contributed by atoms with Crippen LogP contribution in [0.4, 0.5) is 0 Å². The standard InChI is InChI=1S/C16H12N2O3S/c1-10-7-14(19)18-15(17-10)11-3-2-4-13(8-11)21-16(20)12-5-6-22-9-12/h2-9H,1H3,(H,17,18,19). The van der Waals surface area contributed by atoms with Gasteiger partial charge in [0.05, 0.1) is 5.56 Å². The number of carbonyl (C=O) groups excluding carboxylic acids is 1. The molecule has 0 fully saturated rings. The minimum Gasteiger partial charge on any atom is -0.423 e. The summed E-state index contributed by atoms with van der Waals surface area (Å²) in [5.74, 6) is 0.431. The Hall–Kier alpha value is -2.73. The first-order valence-corrected chi connectivity index (χ1v) is 7.49. The Bertz CT molecular complexity index is 869. The van der Waals surface area contributed by atoms with Crippen LogP contribution in [-0.4, -0.2) is 15.9 Å². The Morgan fingerprint density at radius 1 is 1.27 bits per heavy atom. The second-order valence-corrected chi connectivity index (χ2v) is 5.44. The highest BCUT2D eigenvalue weighted by atomic mass is 32.1. The van der Waals surface area contributed by atoms with E-state index in [1.54, 1.807) is 42.6 Å². The molecule has 1 aromatic carbocycles. The molecule has 2 heterocycles. The summed E-state index contributed by atoms with van der Waals surface area (Å²) in [7, 11) is 0. The molecule has 2 aromatic heterocycles. The van der Waals surface area contributed by atoms with Crippen molar-refractivity contribution in [3.63, 3.8) is 0 Å². The molecule has 0 saturated heterocycles. The number of carbonyl (C=O) groups is 1. The largest absolute Gasteiger partial charge is 0.423 e. The second kappa shape index (κ2) is 5.95. The van der Waals surface area contributed by atoms with Crippen LogP contribution in [0.2, 0.25) is 0 Å². The summed E-state index contributed by atoms with van der Waals surface area (Å²) in [6.07, 6.45) is 0. The molecule has 22 heavy (non-hydrogen) atoms. The second-order valence-electron chi connectivity index (χ2n) is 4.66. The molecule has 110 valence electrons. The topological polar surface area (TPSA) is 72.1 Å². The molecular formula is C16H12N2O3S. The number of aryl methyl sites for hydroxylation is 1. The van der Waals surface area contributed by atoms with Gasteiger partial charge >= 0.3 is 5.97 Å². The van der Waals surface area contributed by atoms with Gasteiger partial charge in [-0.15, -0.1) is 0 Å². The molecule has 0 bridgehead atoms. The van der Waals surface area contributed by atoms with Crippen molar-refractivity contribution in [2.45, 2.75) is 6.92 Å². The number of rotatable bonds is 3. The summed E-state index contributed by atoms with van der Waals surface area (Å²) in [4.78, 5) is 30.4. The molecule has 5 nitrogen and oxygen atoms in total. The van der Waals surface area contributed by atoms with Gasteiger partial charge in [0.2, 0.25) is 0 Å². The maximum atomic E-state index is 11.9. The van der Waals surface area contributed by atoms with E-state index >= 15 is 0 Å². The van der Waals surface area contributed by atoms with Crippen molar-refractivity contribution >= 4 is 17.3 Å². The zero-order valence-corrected chi connectivity index (χ0v) is 12.5. The van der Waals surface area contributed by atoms with E-state index in [-0.39, 0.29) is 5.56 Å². The van der Waals surface area contributed by atoms with Crippen LogP contribution in [0.25, 0.3) is 11.4 Å². The van der Waals surface area contributed by atoms with E-state index in [4.69, 9.17) is 4.74 Å². The molecule has 0 aliphatic rings. The van der Waals surface area contributed by atoms with Crippen LogP contribution in [0, 0.1) is 6.92 Å². The van der Waals surface area contributed by atoms with Crippen LogP contribution in [0.5, 0.6) is 5.75 Å². The van der Waals surface area contributed by atoms with Gasteiger partial charge < -0.3 is 9.72 Å². The Kier molecular flexibility index (Phi) is 3.84. The predicted octanol–water partition coefficient (Wildman–Crippen LogP) is 3.03. The molecule has 0 atom stereocenters. The van der Waals surface area contributed by atoms with Gasteiger partial charge in [0, 0.05) is 22.7 Å². The lowest BCUT2D eigenvalue weighted by atomic mass is 10.2. The number of hydrogen-bond acceptors (Lipinski definition) is 5. The van der Waals surface area contributed by atoms with Crippen molar-refractivity contribution in [1.82, 2.24) is 9.97 Å². The molecule has 0 spiro atoms. The van der Waals surface area contributed by atoms with Gasteiger partial charge in [-0.1, -0.05) is 12.1 Å². The fourth-order valence-electron chi connectivity index (χ4n) is 1.97. The van der Waals surface area contributed by atoms with Crippen molar-refractivity contribution in [3.8, 4) is 17.1 Å². The maximum absolute atomic E-state index is 11.9. The van der Waals surface area contributed by atoms with Crippen LogP contribution in [0.1, 0.15) is 16.1 Å². The van der Waals surface area contributed by atoms with Gasteiger partial charge in [0.25, 0.3) is 5.56 Å². The van der Waals surface area contributed by atoms with Crippen LogP contribution < -0.4 is 10.3 Å². The number of esters is 1. The first-order valence-electron chi connectivity index (χ1n) is 6.54. The summed E-state index contributed by atoms with van der Waals surface area (Å²) >= 11 is 1.43. The number of benzene rings is 1. The maximum Gasteiger partial charge on any atom is 0.344 e. The lowest BCUT2D eigenvalue weighted by molar-refractivity contribution is 0.0735. The number of ether oxygens (including phenoxy) is 1. The average Bonchev–Trinajstić information content (AvgIpc) is 3.01. The molecule has 6 heteroatoms. The van der Waals surface area contributed by atoms with E-state index in [1.807, 2.05) is 5.38 Å². The Balaban J connectivity index is 1.89. The van der Waals surface area contributed by atoms with Crippen molar-refractivity contribution in [2.24, 2.45) is 0 Å². The zero-order chi connectivity index (χ0) is 15.5. The van der Waals surface area contributed by atoms with Crippen molar-refractivity contribution < 1.29 is 9.53 Å². The normalized spacial score (nSPS) is 10.4. The Labute approximate surface area is 130 Å². The lowest BCUT2D eigenvalue weighted by Crippen LogP contribution is -2.09. The monoisotopic (exact) mass is 312 g/mol. The van der Waals surface area contributed by atoms with E-state index in [0.29, 0.717) is 28.4 Å². The molecule has 1 N–H and O–H groups in total. The average molecular weight is 312 g/mol. The molecule has 0 radical (unpaired) electrons. The van der Waals surface area contributed by atoms with E-state index in [2.05, 4.69) is 9.97 Å². The highest BCUT2D eigenvalue weighted by Crippen LogP contribution is 2.21. The Morgan fingerprint density at radius 2 is 2.14 bits per heavy atom. The molecule has 0 unspecified atom stereocenters. The van der Waals surface area contributed by atoms with E-state index < -0.39 is 5.97 Å². The summed E-state index contributed by atoms with van der Waals surface area (Å²) < 4.78 is 5.33. The van der Waals surface area contributed by atoms with Crippen molar-refractivity contribution in [2.75, 3.05) is 0 Å². The molecule has 0 amide bonds. The van der Waals surface area contributed by atoms with E-state index in [9.17, 15) is 9.59 Å². The lowest BCUT2D eigenvalue weighted by Gasteiger charge is -2.06. The molecule has 0 aliphatic carbocycles. The van der Waals surface area contributed by atoms with Gasteiger partial charge in [-0.25, -0.2) is 9.78 Å². The highest BCUT2D eigenvalue weighted by Gasteiger charge is 2.10. The van der Waals surface area contributed by atoms with Gasteiger partial charge in [-0.05, 0) is 30.5 Å². The number of nitrogens with one attached hydrogen (secondary N) is 1. The first-order chi connectivity index (χ1) is 10.6. The van der Waals surface area contributed by atoms with Gasteiger partial charge in [-0.3, -0.25) is 4.79 Å². The number of aromatic nitrogens is 2. The molecule has 3 aromatic rings. The van der Waals surface area contributed by atoms with Gasteiger partial charge in [0.1, 0.15) is 11.6 Å². The highest BCUT2D eigenvalue weighted by molar-refractivity contribution is 7.08. The molecule has 0 aliphatic heterocycles. The smallest absolute Gasteiger partial charge is 0.344 e. The van der Waals surface area contributed by atoms with Crippen molar-refractivity contribution in [3.05, 3.63) is 68.8 Å². The summed E-state index contributed by atoms with van der Waals surface area (Å²) in [5, 5.41) is 3.54. The van der Waals surface area contributed by atoms with Crippen LogP contribution in [-0.2, 0) is 0 Å². The number of aromatic amines is 1. The van der Waals surface area contributed by atoms with Crippen molar-refractivity contribution in [1.29, 1.82) is 0 Å². The minimum absolute atomic E-state index is 0.219. The third-order valence-corrected chi connectivity index (χ3v) is 3.63. The number of hydrogen-bond donors (Lipinski definition) is 1. The zero-order valence-electron chi connectivity index (χ0n) is 11.7. The van der Waals surface area contributed by atoms with Crippen LogP contribution >= 0.6 is 11.3 Å². The van der Waals surface area contributed by atoms with E-state index in [1.165, 1.54) is 17.4 Å². The van der Waals surface area contributed by atoms with E-state index in [0.717, 1.165) is 0 Å². The fourth-order valence-corrected chi connectivity index (χ4v) is 2.59. The number of H-pyrrole nitrogens is 1. The van der Waals surface area contributed by atoms with Crippen LogP contribution in [0.3, 0.4) is 0 Å². The fraction of sp³-hybridized carbons (Fsp3) is 0.0625. The molecular weight excluding hydrogens is 300 g/mol. The van der Waals surface area contributed by atoms with Gasteiger partial charge in [-0.2, -0.15) is 11.3 Å². The third kappa shape index (κ3) is 3.12. The number of nitrogens with zero attached hydrogens (tertiary/aromatic N) is 1. The minimum atomic E-state index is -0.413. The summed E-state index contributed by atoms with van der Waals surface area (Å²) in [5.41, 5.74) is 1.59. The third-order valence-electron chi connectivity index (χ3n) is 2.94. The molecule has 3 rings (SSSR count). The SMILES string of the molecule is Cc1cc(=O)[nH]c(-c2cccc(OC(=O)c3ccsc3)c2)n1. The Morgan fingerprint density at radius 3 is 2.86 bits per heavy atom. The summed E-state index contributed by atoms with van der Waals surface area (Å²) in [6, 6.07) is 10.0. The predicted molar refractivity (Wildman–Crippen MR) is 84.3 cm³/mol. The van der Waals surface area contributed by atoms with Gasteiger partial charge in [0.15, 0.2) is 0 Å². The molecule has 0 saturated carbocycles. The quantitative estimate of drug-likeness (QED) is 0.596.